The van der Waals surface area contributed by atoms with Crippen molar-refractivity contribution in [3.8, 4) is 0 Å². The number of hydrogen-bond acceptors (Lipinski definition) is 3. The molecule has 1 aromatic rings. The summed E-state index contributed by atoms with van der Waals surface area (Å²) in [5, 5.41) is 12.6. The van der Waals surface area contributed by atoms with Gasteiger partial charge in [0.05, 0.1) is 9.90 Å². The highest BCUT2D eigenvalue weighted by molar-refractivity contribution is 7.12. The average Bonchev–Trinajstić information content (AvgIpc) is 2.47. The molecule has 0 saturated heterocycles. The van der Waals surface area contributed by atoms with Crippen LogP contribution in [0.4, 0.5) is 0 Å². The minimum absolute atomic E-state index is 0.381. The first kappa shape index (κ1) is 10.0. The van der Waals surface area contributed by atoms with Crippen molar-refractivity contribution >= 4 is 34.8 Å². The normalized spacial score (nSPS) is 9.62. The molecule has 0 fully saturated rings. The van der Waals surface area contributed by atoms with E-state index in [1.165, 1.54) is 17.4 Å². The van der Waals surface area contributed by atoms with Crippen LogP contribution in [0.1, 0.15) is 9.67 Å². The smallest absolute Gasteiger partial charge is 0.322 e. The molecule has 0 atom stereocenters. The van der Waals surface area contributed by atoms with Gasteiger partial charge in [0.2, 0.25) is 0 Å². The zero-order valence-electron chi connectivity index (χ0n) is 6.41. The molecule has 13 heavy (non-hydrogen) atoms. The van der Waals surface area contributed by atoms with Crippen molar-refractivity contribution in [1.29, 1.82) is 0 Å². The van der Waals surface area contributed by atoms with Crippen molar-refractivity contribution in [1.82, 2.24) is 5.32 Å². The highest BCUT2D eigenvalue weighted by Gasteiger charge is 2.08. The van der Waals surface area contributed by atoms with E-state index in [9.17, 15) is 9.59 Å². The number of carboxylic acid groups (broad SMARTS) is 1. The largest absolute Gasteiger partial charge is 0.480 e. The second-order valence-electron chi connectivity index (χ2n) is 2.21. The predicted octanol–water partition coefficient (Wildman–Crippen LogP) is 1.22. The Morgan fingerprint density at radius 1 is 1.62 bits per heavy atom. The van der Waals surface area contributed by atoms with Gasteiger partial charge in [0.1, 0.15) is 6.54 Å². The molecule has 2 N–H and O–H groups in total. The molecule has 0 saturated carbocycles. The van der Waals surface area contributed by atoms with E-state index in [0.29, 0.717) is 9.90 Å². The van der Waals surface area contributed by atoms with E-state index in [4.69, 9.17) is 16.7 Å². The van der Waals surface area contributed by atoms with E-state index in [0.717, 1.165) is 0 Å². The van der Waals surface area contributed by atoms with E-state index in [1.807, 2.05) is 0 Å². The van der Waals surface area contributed by atoms with E-state index in [-0.39, 0.29) is 6.54 Å². The Morgan fingerprint density at radius 2 is 2.31 bits per heavy atom. The van der Waals surface area contributed by atoms with Crippen molar-refractivity contribution in [2.24, 2.45) is 0 Å². The summed E-state index contributed by atoms with van der Waals surface area (Å²) < 4.78 is 0. The maximum absolute atomic E-state index is 11.1. The lowest BCUT2D eigenvalue weighted by Gasteiger charge is -1.97. The fourth-order valence-electron chi connectivity index (χ4n) is 0.675. The number of carboxylic acids is 1. The number of nitrogens with one attached hydrogen (secondary N) is 1. The molecule has 6 heteroatoms. The van der Waals surface area contributed by atoms with E-state index in [1.54, 1.807) is 5.38 Å². The van der Waals surface area contributed by atoms with Crippen LogP contribution in [0.25, 0.3) is 0 Å². The molecule has 1 aromatic heterocycles. The number of thiophene rings is 1. The third-order valence-corrected chi connectivity index (χ3v) is 2.47. The monoisotopic (exact) mass is 219 g/mol. The summed E-state index contributed by atoms with van der Waals surface area (Å²) in [7, 11) is 0. The molecule has 0 aliphatic heterocycles. The number of halogens is 1. The fraction of sp³-hybridized carbons (Fsp3) is 0.143. The van der Waals surface area contributed by atoms with Gasteiger partial charge in [0.15, 0.2) is 0 Å². The van der Waals surface area contributed by atoms with Crippen molar-refractivity contribution < 1.29 is 14.7 Å². The van der Waals surface area contributed by atoms with Crippen LogP contribution >= 0.6 is 22.9 Å². The molecule has 70 valence electrons. The standard InChI is InChI=1S/C7H6ClNO3S/c8-4-1-5(13-3-4)7(12)9-2-6(10)11/h1,3H,2H2,(H,9,12)(H,10,11). The van der Waals surface area contributed by atoms with Crippen LogP contribution in [0.2, 0.25) is 5.02 Å². The maximum atomic E-state index is 11.1. The summed E-state index contributed by atoms with van der Waals surface area (Å²) >= 11 is 6.75. The summed E-state index contributed by atoms with van der Waals surface area (Å²) in [5.74, 6) is -1.49. The van der Waals surface area contributed by atoms with E-state index < -0.39 is 11.9 Å². The second-order valence-corrected chi connectivity index (χ2v) is 3.55. The van der Waals surface area contributed by atoms with Crippen molar-refractivity contribution in [2.45, 2.75) is 0 Å². The Morgan fingerprint density at radius 3 is 2.77 bits per heavy atom. The molecule has 4 nitrogen and oxygen atoms in total. The Hall–Kier alpha value is -1.07. The van der Waals surface area contributed by atoms with Crippen LogP contribution in [0.3, 0.4) is 0 Å². The lowest BCUT2D eigenvalue weighted by atomic mass is 10.4. The summed E-state index contributed by atoms with van der Waals surface area (Å²) in [6.07, 6.45) is 0. The Labute approximate surface area is 83.1 Å². The van der Waals surface area contributed by atoms with Gasteiger partial charge in [-0.05, 0) is 6.07 Å². The molecule has 0 aromatic carbocycles. The first-order valence-corrected chi connectivity index (χ1v) is 4.59. The molecule has 1 heterocycles. The molecular formula is C7H6ClNO3S. The molecule has 1 rings (SSSR count). The molecule has 0 aliphatic carbocycles. The zero-order valence-corrected chi connectivity index (χ0v) is 7.98. The van der Waals surface area contributed by atoms with Crippen LogP contribution in [0.5, 0.6) is 0 Å². The third kappa shape index (κ3) is 3.04. The van der Waals surface area contributed by atoms with Crippen LogP contribution in [-0.2, 0) is 4.79 Å². The topological polar surface area (TPSA) is 66.4 Å². The minimum atomic E-state index is -1.07. The number of carbonyl (C=O) groups excluding carboxylic acids is 1. The lowest BCUT2D eigenvalue weighted by molar-refractivity contribution is -0.135. The van der Waals surface area contributed by atoms with Gasteiger partial charge >= 0.3 is 5.97 Å². The summed E-state index contributed by atoms with van der Waals surface area (Å²) in [5.41, 5.74) is 0. The molecule has 0 radical (unpaired) electrons. The molecule has 0 bridgehead atoms. The van der Waals surface area contributed by atoms with Gasteiger partial charge in [0, 0.05) is 5.38 Å². The Bertz CT molecular complexity index is 336. The zero-order chi connectivity index (χ0) is 9.84. The Balaban J connectivity index is 2.54. The molecular weight excluding hydrogens is 214 g/mol. The summed E-state index contributed by atoms with van der Waals surface area (Å²) in [6, 6.07) is 1.49. The predicted molar refractivity (Wildman–Crippen MR) is 49.3 cm³/mol. The van der Waals surface area contributed by atoms with Crippen LogP contribution in [0, 0.1) is 0 Å². The average molecular weight is 220 g/mol. The highest BCUT2D eigenvalue weighted by Crippen LogP contribution is 2.18. The SMILES string of the molecule is O=C(O)CNC(=O)c1cc(Cl)cs1. The van der Waals surface area contributed by atoms with Crippen LogP contribution < -0.4 is 5.32 Å². The number of rotatable bonds is 3. The van der Waals surface area contributed by atoms with Crippen molar-refractivity contribution in [3.63, 3.8) is 0 Å². The quantitative estimate of drug-likeness (QED) is 0.803. The lowest BCUT2D eigenvalue weighted by Crippen LogP contribution is -2.28. The number of amides is 1. The van der Waals surface area contributed by atoms with Gasteiger partial charge < -0.3 is 10.4 Å². The first-order valence-electron chi connectivity index (χ1n) is 3.33. The third-order valence-electron chi connectivity index (χ3n) is 1.19. The second kappa shape index (κ2) is 4.25. The van der Waals surface area contributed by atoms with Gasteiger partial charge in [-0.2, -0.15) is 0 Å². The summed E-state index contributed by atoms with van der Waals surface area (Å²) in [4.78, 5) is 21.7. The number of hydrogen-bond donors (Lipinski definition) is 2. The minimum Gasteiger partial charge on any atom is -0.480 e. The number of aliphatic carboxylic acids is 1. The van der Waals surface area contributed by atoms with Gasteiger partial charge in [-0.15, -0.1) is 11.3 Å². The van der Waals surface area contributed by atoms with Gasteiger partial charge in [-0.3, -0.25) is 9.59 Å². The van der Waals surface area contributed by atoms with Crippen LogP contribution in [-0.4, -0.2) is 23.5 Å². The summed E-state index contributed by atoms with van der Waals surface area (Å²) in [6.45, 7) is -0.381. The van der Waals surface area contributed by atoms with Gasteiger partial charge in [-0.25, -0.2) is 0 Å². The van der Waals surface area contributed by atoms with Crippen molar-refractivity contribution in [3.05, 3.63) is 21.3 Å². The maximum Gasteiger partial charge on any atom is 0.322 e. The molecule has 0 aliphatic rings. The first-order chi connectivity index (χ1) is 6.09. The van der Waals surface area contributed by atoms with Gasteiger partial charge in [-0.1, -0.05) is 11.6 Å². The Kier molecular flexibility index (Phi) is 3.27. The molecule has 1 amide bonds. The van der Waals surface area contributed by atoms with Gasteiger partial charge in [0.25, 0.3) is 5.91 Å². The fourth-order valence-corrected chi connectivity index (χ4v) is 1.66. The molecule has 0 spiro atoms. The number of carbonyl (C=O) groups is 2. The van der Waals surface area contributed by atoms with E-state index >= 15 is 0 Å². The molecule has 0 unspecified atom stereocenters. The highest BCUT2D eigenvalue weighted by atomic mass is 35.5. The van der Waals surface area contributed by atoms with Crippen LogP contribution in [0.15, 0.2) is 11.4 Å². The van der Waals surface area contributed by atoms with E-state index in [2.05, 4.69) is 5.32 Å². The van der Waals surface area contributed by atoms with Crippen molar-refractivity contribution in [2.75, 3.05) is 6.54 Å².